The molecule has 1 nitrogen and oxygen atoms in total. The van der Waals surface area contributed by atoms with Gasteiger partial charge in [-0.3, -0.25) is 4.79 Å². The Hall–Kier alpha value is -0.240. The fraction of sp³-hybridized carbons (Fsp3) is 0.222. The molecule has 0 saturated carbocycles. The molecule has 1 radical (unpaired) electrons. The fourth-order valence-corrected chi connectivity index (χ4v) is 1.96. The number of benzene rings is 1. The average Bonchev–Trinajstić information content (AvgIpc) is 2.12. The van der Waals surface area contributed by atoms with E-state index in [2.05, 4.69) is 0 Å². The predicted molar refractivity (Wildman–Crippen MR) is 55.6 cm³/mol. The van der Waals surface area contributed by atoms with E-state index in [1.807, 2.05) is 6.92 Å². The van der Waals surface area contributed by atoms with Gasteiger partial charge in [-0.1, -0.05) is 41.7 Å². The second kappa shape index (κ2) is 4.32. The highest BCUT2D eigenvalue weighted by Gasteiger charge is 2.12. The zero-order valence-electron chi connectivity index (χ0n) is 6.83. The van der Waals surface area contributed by atoms with E-state index in [4.69, 9.17) is 34.8 Å². The van der Waals surface area contributed by atoms with Crippen LogP contribution in [-0.4, -0.2) is 6.29 Å². The molecule has 0 aliphatic carbocycles. The molecule has 0 bridgehead atoms. The minimum Gasteiger partial charge on any atom is -0.285 e. The van der Waals surface area contributed by atoms with Crippen LogP contribution in [0, 0.1) is 0 Å². The molecule has 4 heteroatoms. The summed E-state index contributed by atoms with van der Waals surface area (Å²) in [7, 11) is 0. The molecule has 0 spiro atoms. The first-order valence-electron chi connectivity index (χ1n) is 3.66. The lowest BCUT2D eigenvalue weighted by Gasteiger charge is -2.07. The van der Waals surface area contributed by atoms with Crippen LogP contribution in [0.4, 0.5) is 0 Å². The lowest BCUT2D eigenvalue weighted by Crippen LogP contribution is -1.91. The van der Waals surface area contributed by atoms with Gasteiger partial charge in [0, 0.05) is 10.6 Å². The van der Waals surface area contributed by atoms with Gasteiger partial charge in [-0.2, -0.15) is 0 Å². The molecule has 0 aliphatic heterocycles. The Bertz CT molecular complexity index is 347. The van der Waals surface area contributed by atoms with Gasteiger partial charge < -0.3 is 0 Å². The van der Waals surface area contributed by atoms with E-state index in [9.17, 15) is 4.79 Å². The van der Waals surface area contributed by atoms with Crippen LogP contribution in [0.5, 0.6) is 0 Å². The molecule has 0 aromatic heterocycles. The lowest BCUT2D eigenvalue weighted by molar-refractivity contribution is 0.563. The molecule has 0 fully saturated rings. The number of hydrogen-bond acceptors (Lipinski definition) is 1. The second-order valence-corrected chi connectivity index (χ2v) is 3.63. The van der Waals surface area contributed by atoms with Crippen LogP contribution < -0.4 is 0 Å². The molecular weight excluding hydrogens is 230 g/mol. The summed E-state index contributed by atoms with van der Waals surface area (Å²) < 4.78 is 0. The van der Waals surface area contributed by atoms with Crippen LogP contribution in [0.25, 0.3) is 0 Å². The number of halogens is 3. The molecular formula is C9H6Cl3O. The molecule has 1 aromatic rings. The third kappa shape index (κ3) is 1.98. The van der Waals surface area contributed by atoms with Crippen molar-refractivity contribution in [2.24, 2.45) is 0 Å². The first kappa shape index (κ1) is 10.8. The standard InChI is InChI=1S/C9H6Cl3O/c1-2-6-7(10)3-5(4-13)8(11)9(6)12/h3H,2H2,1H3. The van der Waals surface area contributed by atoms with Crippen molar-refractivity contribution in [3.05, 3.63) is 32.3 Å². The average molecular weight is 237 g/mol. The van der Waals surface area contributed by atoms with E-state index in [1.165, 1.54) is 6.07 Å². The summed E-state index contributed by atoms with van der Waals surface area (Å²) in [4.78, 5) is 10.4. The van der Waals surface area contributed by atoms with Gasteiger partial charge in [0.25, 0.3) is 0 Å². The van der Waals surface area contributed by atoms with Crippen molar-refractivity contribution in [1.29, 1.82) is 0 Å². The fourth-order valence-electron chi connectivity index (χ4n) is 1.03. The van der Waals surface area contributed by atoms with Crippen LogP contribution in [0.2, 0.25) is 15.1 Å². The van der Waals surface area contributed by atoms with Crippen LogP contribution in [0.1, 0.15) is 18.1 Å². The topological polar surface area (TPSA) is 17.1 Å². The Balaban J connectivity index is 3.45. The number of carbonyl (C=O) groups excluding carboxylic acids is 1. The maximum absolute atomic E-state index is 10.4. The smallest absolute Gasteiger partial charge is 0.235 e. The minimum absolute atomic E-state index is 0.203. The summed E-state index contributed by atoms with van der Waals surface area (Å²) >= 11 is 17.5. The molecule has 0 heterocycles. The molecule has 0 unspecified atom stereocenters. The Kier molecular flexibility index (Phi) is 3.60. The van der Waals surface area contributed by atoms with Gasteiger partial charge in [0.05, 0.1) is 10.0 Å². The van der Waals surface area contributed by atoms with Gasteiger partial charge in [-0.25, -0.2) is 0 Å². The van der Waals surface area contributed by atoms with E-state index in [0.717, 1.165) is 5.56 Å². The van der Waals surface area contributed by atoms with E-state index in [0.29, 0.717) is 16.5 Å². The highest BCUT2D eigenvalue weighted by Crippen LogP contribution is 2.34. The Morgan fingerprint density at radius 1 is 1.31 bits per heavy atom. The van der Waals surface area contributed by atoms with Crippen LogP contribution in [0.3, 0.4) is 0 Å². The third-order valence-electron chi connectivity index (χ3n) is 1.72. The first-order valence-corrected chi connectivity index (χ1v) is 4.79. The first-order chi connectivity index (χ1) is 6.11. The SMILES string of the molecule is CCc1c(Cl)cc([C]=O)c(Cl)c1Cl. The molecule has 0 N–H and O–H groups in total. The minimum atomic E-state index is 0.203. The van der Waals surface area contributed by atoms with Gasteiger partial charge in [-0.05, 0) is 18.1 Å². The molecule has 0 atom stereocenters. The van der Waals surface area contributed by atoms with E-state index in [1.54, 1.807) is 6.29 Å². The highest BCUT2D eigenvalue weighted by atomic mass is 35.5. The molecule has 1 rings (SSSR count). The normalized spacial score (nSPS) is 10.2. The van der Waals surface area contributed by atoms with Crippen molar-refractivity contribution in [3.8, 4) is 0 Å². The van der Waals surface area contributed by atoms with Gasteiger partial charge >= 0.3 is 0 Å². The van der Waals surface area contributed by atoms with Gasteiger partial charge in [-0.15, -0.1) is 0 Å². The van der Waals surface area contributed by atoms with Crippen molar-refractivity contribution in [2.75, 3.05) is 0 Å². The van der Waals surface area contributed by atoms with Crippen molar-refractivity contribution < 1.29 is 4.79 Å². The Morgan fingerprint density at radius 2 is 1.92 bits per heavy atom. The van der Waals surface area contributed by atoms with E-state index >= 15 is 0 Å². The summed E-state index contributed by atoms with van der Waals surface area (Å²) in [6.07, 6.45) is 2.35. The maximum Gasteiger partial charge on any atom is 0.235 e. The van der Waals surface area contributed by atoms with Gasteiger partial charge in [0.2, 0.25) is 6.29 Å². The summed E-state index contributed by atoms with van der Waals surface area (Å²) in [6.45, 7) is 1.91. The van der Waals surface area contributed by atoms with E-state index in [-0.39, 0.29) is 10.6 Å². The van der Waals surface area contributed by atoms with E-state index < -0.39 is 0 Å². The molecule has 69 valence electrons. The maximum atomic E-state index is 10.4. The summed E-state index contributed by atoms with van der Waals surface area (Å²) in [5.41, 5.74) is 0.959. The quantitative estimate of drug-likeness (QED) is 0.716. The second-order valence-electron chi connectivity index (χ2n) is 2.47. The highest BCUT2D eigenvalue weighted by molar-refractivity contribution is 6.45. The summed E-state index contributed by atoms with van der Waals surface area (Å²) in [5.74, 6) is 0. The van der Waals surface area contributed by atoms with Gasteiger partial charge in [0.1, 0.15) is 0 Å². The Morgan fingerprint density at radius 3 is 2.38 bits per heavy atom. The Labute approximate surface area is 91.6 Å². The van der Waals surface area contributed by atoms with Crippen molar-refractivity contribution in [3.63, 3.8) is 0 Å². The largest absolute Gasteiger partial charge is 0.285 e. The molecule has 1 aromatic carbocycles. The number of hydrogen-bond donors (Lipinski definition) is 0. The molecule has 0 aliphatic rings. The van der Waals surface area contributed by atoms with Crippen molar-refractivity contribution in [1.82, 2.24) is 0 Å². The zero-order chi connectivity index (χ0) is 10.0. The van der Waals surface area contributed by atoms with Crippen molar-refractivity contribution in [2.45, 2.75) is 13.3 Å². The lowest BCUT2D eigenvalue weighted by atomic mass is 10.1. The van der Waals surface area contributed by atoms with Crippen LogP contribution >= 0.6 is 34.8 Å². The van der Waals surface area contributed by atoms with Crippen LogP contribution in [0.15, 0.2) is 6.07 Å². The van der Waals surface area contributed by atoms with Crippen molar-refractivity contribution >= 4 is 41.1 Å². The third-order valence-corrected chi connectivity index (χ3v) is 2.96. The monoisotopic (exact) mass is 235 g/mol. The summed E-state index contributed by atoms with van der Waals surface area (Å²) in [5, 5.41) is 1.02. The number of rotatable bonds is 2. The zero-order valence-corrected chi connectivity index (χ0v) is 9.09. The molecule has 0 saturated heterocycles. The molecule has 0 amide bonds. The predicted octanol–water partition coefficient (Wildman–Crippen LogP) is 3.67. The van der Waals surface area contributed by atoms with Gasteiger partial charge in [0.15, 0.2) is 0 Å². The van der Waals surface area contributed by atoms with Crippen LogP contribution in [-0.2, 0) is 11.2 Å². The summed E-state index contributed by atoms with van der Waals surface area (Å²) in [6, 6.07) is 1.47. The molecule has 13 heavy (non-hydrogen) atoms.